The summed E-state index contributed by atoms with van der Waals surface area (Å²) in [6.07, 6.45) is 11.5. The molecule has 1 aromatic rings. The molecule has 10 heteroatoms. The number of hydrogen-bond acceptors (Lipinski definition) is 6. The standard InChI is InChI=1S/C22H29N3O6S/c1-23-22(27)25-32(28,29)20-16-18(8-10-19(20)31-15-14-30-2)12-13-24-21(26)11-9-17-6-4-3-5-7-17/h3-4,6,8-11,16H,5,7,12-15H2,1-2H3,(H,24,26)(H2,23,25,27)/b11-9+. The van der Waals surface area contributed by atoms with Gasteiger partial charge in [0.25, 0.3) is 10.0 Å². The summed E-state index contributed by atoms with van der Waals surface area (Å²) >= 11 is 0. The van der Waals surface area contributed by atoms with Crippen LogP contribution < -0.4 is 20.1 Å². The van der Waals surface area contributed by atoms with E-state index in [1.165, 1.54) is 32.4 Å². The van der Waals surface area contributed by atoms with Gasteiger partial charge in [-0.3, -0.25) is 4.79 Å². The molecule has 174 valence electrons. The number of sulfonamides is 1. The van der Waals surface area contributed by atoms with E-state index in [1.807, 2.05) is 16.9 Å². The van der Waals surface area contributed by atoms with Crippen LogP contribution in [0.3, 0.4) is 0 Å². The lowest BCUT2D eigenvalue weighted by Gasteiger charge is -2.14. The molecule has 0 fully saturated rings. The number of rotatable bonds is 11. The molecule has 0 bridgehead atoms. The number of allylic oxidation sites excluding steroid dienone is 5. The zero-order valence-corrected chi connectivity index (χ0v) is 19.0. The van der Waals surface area contributed by atoms with E-state index in [0.717, 1.165) is 18.4 Å². The second kappa shape index (κ2) is 12.7. The second-order valence-corrected chi connectivity index (χ2v) is 8.54. The van der Waals surface area contributed by atoms with Crippen LogP contribution in [0, 0.1) is 0 Å². The van der Waals surface area contributed by atoms with E-state index in [-0.39, 0.29) is 29.8 Å². The van der Waals surface area contributed by atoms with Gasteiger partial charge in [0.1, 0.15) is 17.3 Å². The number of nitrogens with one attached hydrogen (secondary N) is 3. The van der Waals surface area contributed by atoms with Gasteiger partial charge >= 0.3 is 6.03 Å². The fourth-order valence-electron chi connectivity index (χ4n) is 2.83. The third-order valence-electron chi connectivity index (χ3n) is 4.50. The van der Waals surface area contributed by atoms with Crippen LogP contribution in [0.4, 0.5) is 4.79 Å². The van der Waals surface area contributed by atoms with Gasteiger partial charge in [0, 0.05) is 26.8 Å². The first-order valence-corrected chi connectivity index (χ1v) is 11.6. The molecular weight excluding hydrogens is 434 g/mol. The minimum atomic E-state index is -4.16. The SMILES string of the molecule is CNC(=O)NS(=O)(=O)c1cc(CCNC(=O)/C=C/C2=CC=CCC2)ccc1OCCOC. The summed E-state index contributed by atoms with van der Waals surface area (Å²) in [5.74, 6) is -0.127. The first-order chi connectivity index (χ1) is 15.4. The number of carbonyl (C=O) groups excluding carboxylic acids is 2. The Morgan fingerprint density at radius 2 is 2.03 bits per heavy atom. The summed E-state index contributed by atoms with van der Waals surface area (Å²) in [5, 5.41) is 4.99. The van der Waals surface area contributed by atoms with Crippen LogP contribution in [0.1, 0.15) is 18.4 Å². The predicted octanol–water partition coefficient (Wildman–Crippen LogP) is 1.82. The van der Waals surface area contributed by atoms with Crippen LogP contribution in [0.25, 0.3) is 0 Å². The Hall–Kier alpha value is -3.11. The van der Waals surface area contributed by atoms with Crippen molar-refractivity contribution in [3.63, 3.8) is 0 Å². The molecule has 0 unspecified atom stereocenters. The number of carbonyl (C=O) groups is 2. The first-order valence-electron chi connectivity index (χ1n) is 10.2. The van der Waals surface area contributed by atoms with Crippen molar-refractivity contribution < 1.29 is 27.5 Å². The highest BCUT2D eigenvalue weighted by atomic mass is 32.2. The van der Waals surface area contributed by atoms with Gasteiger partial charge in [0.2, 0.25) is 5.91 Å². The van der Waals surface area contributed by atoms with E-state index in [9.17, 15) is 18.0 Å². The van der Waals surface area contributed by atoms with Crippen LogP contribution in [0.2, 0.25) is 0 Å². The maximum absolute atomic E-state index is 12.7. The van der Waals surface area contributed by atoms with Gasteiger partial charge in [-0.15, -0.1) is 0 Å². The third kappa shape index (κ3) is 8.20. The molecule has 0 heterocycles. The van der Waals surface area contributed by atoms with Crippen LogP contribution in [-0.4, -0.2) is 54.3 Å². The van der Waals surface area contributed by atoms with E-state index in [4.69, 9.17) is 9.47 Å². The summed E-state index contributed by atoms with van der Waals surface area (Å²) in [4.78, 5) is 23.4. The molecule has 9 nitrogen and oxygen atoms in total. The maximum Gasteiger partial charge on any atom is 0.328 e. The van der Waals surface area contributed by atoms with Crippen molar-refractivity contribution in [3.05, 3.63) is 59.7 Å². The smallest absolute Gasteiger partial charge is 0.328 e. The number of amides is 3. The van der Waals surface area contributed by atoms with E-state index >= 15 is 0 Å². The Balaban J connectivity index is 2.05. The Bertz CT molecular complexity index is 999. The molecule has 1 aromatic carbocycles. The number of hydrogen-bond donors (Lipinski definition) is 3. The third-order valence-corrected chi connectivity index (χ3v) is 5.86. The van der Waals surface area contributed by atoms with E-state index in [0.29, 0.717) is 18.5 Å². The Morgan fingerprint density at radius 1 is 1.22 bits per heavy atom. The van der Waals surface area contributed by atoms with Crippen molar-refractivity contribution in [3.8, 4) is 5.75 Å². The normalized spacial score (nSPS) is 13.5. The maximum atomic E-state index is 12.7. The lowest BCUT2D eigenvalue weighted by Crippen LogP contribution is -2.37. The van der Waals surface area contributed by atoms with Crippen molar-refractivity contribution >= 4 is 22.0 Å². The Kier molecular flexibility index (Phi) is 9.96. The lowest BCUT2D eigenvalue weighted by atomic mass is 10.0. The molecule has 0 aliphatic heterocycles. The molecule has 1 aliphatic carbocycles. The average molecular weight is 464 g/mol. The van der Waals surface area contributed by atoms with Gasteiger partial charge in [0.15, 0.2) is 0 Å². The van der Waals surface area contributed by atoms with Crippen molar-refractivity contribution in [1.29, 1.82) is 0 Å². The second-order valence-electron chi connectivity index (χ2n) is 6.89. The summed E-state index contributed by atoms with van der Waals surface area (Å²) in [6, 6.07) is 3.80. The first kappa shape index (κ1) is 25.2. The summed E-state index contributed by atoms with van der Waals surface area (Å²) < 4.78 is 37.7. The number of methoxy groups -OCH3 is 1. The highest BCUT2D eigenvalue weighted by Crippen LogP contribution is 2.25. The van der Waals surface area contributed by atoms with Gasteiger partial charge in [-0.25, -0.2) is 17.9 Å². The highest BCUT2D eigenvalue weighted by molar-refractivity contribution is 7.90. The molecule has 0 saturated heterocycles. The fraction of sp³-hybridized carbons (Fsp3) is 0.364. The summed E-state index contributed by atoms with van der Waals surface area (Å²) in [6.45, 7) is 0.734. The van der Waals surface area contributed by atoms with Gasteiger partial charge in [0.05, 0.1) is 6.61 Å². The molecule has 0 saturated carbocycles. The molecule has 0 radical (unpaired) electrons. The quantitative estimate of drug-likeness (QED) is 0.340. The number of urea groups is 1. The minimum absolute atomic E-state index is 0.101. The molecule has 32 heavy (non-hydrogen) atoms. The van der Waals surface area contributed by atoms with Gasteiger partial charge < -0.3 is 20.1 Å². The highest BCUT2D eigenvalue weighted by Gasteiger charge is 2.22. The zero-order chi connectivity index (χ0) is 23.4. The molecule has 3 amide bonds. The van der Waals surface area contributed by atoms with E-state index < -0.39 is 16.1 Å². The molecule has 0 aromatic heterocycles. The molecule has 0 atom stereocenters. The van der Waals surface area contributed by atoms with Gasteiger partial charge in [-0.05, 0) is 42.5 Å². The van der Waals surface area contributed by atoms with E-state index in [2.05, 4.69) is 16.7 Å². The Labute approximate surface area is 188 Å². The molecule has 3 N–H and O–H groups in total. The topological polar surface area (TPSA) is 123 Å². The van der Waals surface area contributed by atoms with Crippen molar-refractivity contribution in [2.75, 3.05) is 33.9 Å². The lowest BCUT2D eigenvalue weighted by molar-refractivity contribution is -0.116. The van der Waals surface area contributed by atoms with Crippen molar-refractivity contribution in [2.45, 2.75) is 24.2 Å². The van der Waals surface area contributed by atoms with Crippen LogP contribution in [0.5, 0.6) is 5.75 Å². The van der Waals surface area contributed by atoms with Gasteiger partial charge in [-0.2, -0.15) is 0 Å². The monoisotopic (exact) mass is 463 g/mol. The van der Waals surface area contributed by atoms with Crippen LogP contribution >= 0.6 is 0 Å². The molecule has 0 spiro atoms. The molecule has 1 aliphatic rings. The van der Waals surface area contributed by atoms with Gasteiger partial charge in [-0.1, -0.05) is 30.4 Å². The number of ether oxygens (including phenoxy) is 2. The summed E-state index contributed by atoms with van der Waals surface area (Å²) in [5.41, 5.74) is 1.75. The zero-order valence-electron chi connectivity index (χ0n) is 18.2. The van der Waals surface area contributed by atoms with Crippen LogP contribution in [-0.2, 0) is 26.0 Å². The van der Waals surface area contributed by atoms with Crippen molar-refractivity contribution in [2.24, 2.45) is 0 Å². The average Bonchev–Trinajstić information content (AvgIpc) is 2.79. The van der Waals surface area contributed by atoms with E-state index in [1.54, 1.807) is 12.1 Å². The number of benzene rings is 1. The predicted molar refractivity (Wildman–Crippen MR) is 121 cm³/mol. The molecule has 2 rings (SSSR count). The van der Waals surface area contributed by atoms with Crippen LogP contribution in [0.15, 0.2) is 59.0 Å². The summed E-state index contributed by atoms with van der Waals surface area (Å²) in [7, 11) is -1.34. The Morgan fingerprint density at radius 3 is 2.72 bits per heavy atom. The fourth-order valence-corrected chi connectivity index (χ4v) is 3.99. The minimum Gasteiger partial charge on any atom is -0.490 e. The van der Waals surface area contributed by atoms with Crippen molar-refractivity contribution in [1.82, 2.24) is 15.4 Å². The molecular formula is C22H29N3O6S. The largest absolute Gasteiger partial charge is 0.490 e.